The average Bonchev–Trinajstić information content (AvgIpc) is 2.71. The van der Waals surface area contributed by atoms with Gasteiger partial charge in [0.2, 0.25) is 0 Å². The van der Waals surface area contributed by atoms with Crippen molar-refractivity contribution >= 4 is 34.5 Å². The van der Waals surface area contributed by atoms with Gasteiger partial charge in [-0.05, 0) is 71.2 Å². The summed E-state index contributed by atoms with van der Waals surface area (Å²) in [6.45, 7) is 8.04. The number of amides is 1. The van der Waals surface area contributed by atoms with Crippen molar-refractivity contribution < 1.29 is 4.79 Å². The van der Waals surface area contributed by atoms with Gasteiger partial charge in [-0.25, -0.2) is 0 Å². The Balaban J connectivity index is 2.00. The van der Waals surface area contributed by atoms with Crippen LogP contribution < -0.4 is 20.9 Å². The summed E-state index contributed by atoms with van der Waals surface area (Å²) in [5, 5.41) is 12.8. The zero-order valence-corrected chi connectivity index (χ0v) is 19.3. The summed E-state index contributed by atoms with van der Waals surface area (Å²) in [4.78, 5) is 11.8. The van der Waals surface area contributed by atoms with Crippen LogP contribution >= 0.6 is 24.2 Å². The van der Waals surface area contributed by atoms with Crippen LogP contribution in [-0.2, 0) is 5.54 Å². The van der Waals surface area contributed by atoms with Gasteiger partial charge in [-0.2, -0.15) is 10.2 Å². The van der Waals surface area contributed by atoms with Gasteiger partial charge in [0, 0.05) is 18.0 Å². The molecule has 160 valence electrons. The molecule has 0 heterocycles. The Morgan fingerprint density at radius 2 is 1.79 bits per heavy atom. The number of hydrogen-bond acceptors (Lipinski definition) is 6. The molecule has 1 aromatic rings. The molecule has 0 unspecified atom stereocenters. The van der Waals surface area contributed by atoms with Crippen LogP contribution in [0.25, 0.3) is 0 Å². The molecule has 1 aromatic carbocycles. The van der Waals surface area contributed by atoms with Gasteiger partial charge in [-0.15, -0.1) is 0 Å². The van der Waals surface area contributed by atoms with Crippen molar-refractivity contribution in [3.05, 3.63) is 35.9 Å². The predicted octanol–water partition coefficient (Wildman–Crippen LogP) is 4.77. The van der Waals surface area contributed by atoms with Gasteiger partial charge in [0.25, 0.3) is 0 Å². The van der Waals surface area contributed by atoms with E-state index in [1.165, 1.54) is 6.42 Å². The van der Waals surface area contributed by atoms with Crippen LogP contribution in [0.15, 0.2) is 40.6 Å². The number of azo groups is 1. The maximum atomic E-state index is 11.8. The highest BCUT2D eigenvalue weighted by Crippen LogP contribution is 2.33. The fraction of sp³-hybridized carbons (Fsp3) is 0.600. The SMILES string of the molecule is CC(C)NSC(=O)NNC(=S)NC1(N=NC(C)(C)c2ccccc2)CCCCC1. The van der Waals surface area contributed by atoms with Crippen LogP contribution in [0.4, 0.5) is 4.79 Å². The zero-order valence-electron chi connectivity index (χ0n) is 17.6. The summed E-state index contributed by atoms with van der Waals surface area (Å²) in [6.07, 6.45) is 4.99. The van der Waals surface area contributed by atoms with Gasteiger partial charge >= 0.3 is 5.24 Å². The summed E-state index contributed by atoms with van der Waals surface area (Å²) >= 11 is 6.38. The summed E-state index contributed by atoms with van der Waals surface area (Å²) in [7, 11) is 0. The monoisotopic (exact) mass is 436 g/mol. The highest BCUT2D eigenvalue weighted by molar-refractivity contribution is 8.11. The lowest BCUT2D eigenvalue weighted by Crippen LogP contribution is -2.55. The average molecular weight is 437 g/mol. The molecule has 0 aromatic heterocycles. The molecule has 0 bridgehead atoms. The number of nitrogens with zero attached hydrogens (tertiary/aromatic N) is 2. The Hall–Kier alpha value is -1.71. The lowest BCUT2D eigenvalue weighted by Gasteiger charge is -2.35. The molecular weight excluding hydrogens is 404 g/mol. The minimum Gasteiger partial charge on any atom is -0.336 e. The Morgan fingerprint density at radius 3 is 2.41 bits per heavy atom. The van der Waals surface area contributed by atoms with E-state index in [1.807, 2.05) is 32.0 Å². The summed E-state index contributed by atoms with van der Waals surface area (Å²) < 4.78 is 2.98. The van der Waals surface area contributed by atoms with Crippen molar-refractivity contribution in [2.75, 3.05) is 0 Å². The molecular formula is C20H32N6OS2. The van der Waals surface area contributed by atoms with E-state index in [4.69, 9.17) is 22.4 Å². The maximum Gasteiger partial charge on any atom is 0.312 e. The fourth-order valence-corrected chi connectivity index (χ4v) is 3.74. The van der Waals surface area contributed by atoms with Crippen LogP contribution in [0, 0.1) is 0 Å². The van der Waals surface area contributed by atoms with E-state index in [1.54, 1.807) is 0 Å². The quantitative estimate of drug-likeness (QED) is 0.222. The summed E-state index contributed by atoms with van der Waals surface area (Å²) in [6, 6.07) is 10.3. The normalized spacial score (nSPS) is 16.6. The lowest BCUT2D eigenvalue weighted by atomic mass is 9.89. The molecule has 4 N–H and O–H groups in total. The molecule has 1 saturated carbocycles. The highest BCUT2D eigenvalue weighted by atomic mass is 32.2. The fourth-order valence-electron chi connectivity index (χ4n) is 3.06. The second-order valence-corrected chi connectivity index (χ2v) is 9.30. The first-order chi connectivity index (χ1) is 13.7. The Morgan fingerprint density at radius 1 is 1.14 bits per heavy atom. The van der Waals surface area contributed by atoms with Crippen LogP contribution in [0.2, 0.25) is 0 Å². The third kappa shape index (κ3) is 7.91. The summed E-state index contributed by atoms with van der Waals surface area (Å²) in [5.41, 5.74) is 5.46. The van der Waals surface area contributed by atoms with E-state index in [0.29, 0.717) is 5.11 Å². The number of hydrazine groups is 1. The first-order valence-electron chi connectivity index (χ1n) is 10.0. The van der Waals surface area contributed by atoms with Crippen molar-refractivity contribution in [3.8, 4) is 0 Å². The van der Waals surface area contributed by atoms with E-state index in [9.17, 15) is 4.79 Å². The van der Waals surface area contributed by atoms with Gasteiger partial charge in [-0.3, -0.25) is 20.4 Å². The van der Waals surface area contributed by atoms with Crippen LogP contribution in [0.3, 0.4) is 0 Å². The molecule has 1 fully saturated rings. The minimum atomic E-state index is -0.553. The van der Waals surface area contributed by atoms with Crippen molar-refractivity contribution in [2.24, 2.45) is 10.2 Å². The van der Waals surface area contributed by atoms with Crippen molar-refractivity contribution in [2.45, 2.75) is 77.0 Å². The third-order valence-electron chi connectivity index (χ3n) is 4.66. The largest absolute Gasteiger partial charge is 0.336 e. The minimum absolute atomic E-state index is 0.203. The van der Waals surface area contributed by atoms with Gasteiger partial charge in [-0.1, -0.05) is 36.8 Å². The van der Waals surface area contributed by atoms with E-state index in [-0.39, 0.29) is 11.3 Å². The van der Waals surface area contributed by atoms with Gasteiger partial charge in [0.05, 0.1) is 0 Å². The van der Waals surface area contributed by atoms with Gasteiger partial charge in [0.15, 0.2) is 10.8 Å². The molecule has 1 aliphatic rings. The molecule has 2 rings (SSSR count). The van der Waals surface area contributed by atoms with Gasteiger partial charge < -0.3 is 5.32 Å². The molecule has 29 heavy (non-hydrogen) atoms. The number of benzene rings is 1. The van der Waals surface area contributed by atoms with E-state index >= 15 is 0 Å². The zero-order chi connectivity index (χ0) is 21.3. The van der Waals surface area contributed by atoms with Crippen molar-refractivity contribution in [1.82, 2.24) is 20.9 Å². The second-order valence-electron chi connectivity index (χ2n) is 8.08. The number of nitrogens with one attached hydrogen (secondary N) is 4. The number of carbonyl (C=O) groups excluding carboxylic acids is 1. The van der Waals surface area contributed by atoms with Crippen LogP contribution in [0.1, 0.15) is 65.4 Å². The molecule has 9 heteroatoms. The third-order valence-corrected chi connectivity index (χ3v) is 5.74. The topological polar surface area (TPSA) is 89.9 Å². The number of thiocarbonyl (C=S) groups is 1. The van der Waals surface area contributed by atoms with Gasteiger partial charge in [0.1, 0.15) is 5.54 Å². The molecule has 0 atom stereocenters. The first kappa shape index (κ1) is 23.6. The van der Waals surface area contributed by atoms with E-state index < -0.39 is 11.2 Å². The molecule has 7 nitrogen and oxygen atoms in total. The number of carbonyl (C=O) groups is 1. The molecule has 1 amide bonds. The number of hydrogen-bond donors (Lipinski definition) is 4. The molecule has 0 spiro atoms. The van der Waals surface area contributed by atoms with Crippen LogP contribution in [-0.4, -0.2) is 22.1 Å². The highest BCUT2D eigenvalue weighted by Gasteiger charge is 2.34. The van der Waals surface area contributed by atoms with Crippen molar-refractivity contribution in [3.63, 3.8) is 0 Å². The van der Waals surface area contributed by atoms with E-state index in [0.717, 1.165) is 43.2 Å². The smallest absolute Gasteiger partial charge is 0.312 e. The van der Waals surface area contributed by atoms with E-state index in [2.05, 4.69) is 46.9 Å². The Labute approximate surface area is 183 Å². The second kappa shape index (κ2) is 10.9. The van der Waals surface area contributed by atoms with Crippen molar-refractivity contribution in [1.29, 1.82) is 0 Å². The van der Waals surface area contributed by atoms with Crippen LogP contribution in [0.5, 0.6) is 0 Å². The molecule has 0 saturated heterocycles. The maximum absolute atomic E-state index is 11.8. The Bertz CT molecular complexity index is 702. The lowest BCUT2D eigenvalue weighted by molar-refractivity contribution is 0.249. The Kier molecular flexibility index (Phi) is 8.85. The standard InChI is InChI=1S/C20H32N6OS2/c1-15(2)24-29-18(27)23-22-17(28)21-20(13-9-6-10-14-20)26-25-19(3,4)16-11-7-5-8-12-16/h5,7-8,11-12,15,24H,6,9-10,13-14H2,1-4H3,(H,23,27)(H2,21,22,28). The first-order valence-corrected chi connectivity index (χ1v) is 11.2. The molecule has 0 aliphatic heterocycles. The number of rotatable bonds is 6. The summed E-state index contributed by atoms with van der Waals surface area (Å²) in [5.74, 6) is 0. The molecule has 0 radical (unpaired) electrons. The predicted molar refractivity (Wildman–Crippen MR) is 123 cm³/mol. The molecule has 1 aliphatic carbocycles.